The molecular formula is C16H16BrNO3. The SMILES string of the molecule is COc1ccc(Br)c(COc2cccc(C(C)=NO)c2)c1. The molecule has 0 aliphatic carbocycles. The van der Waals surface area contributed by atoms with Crippen molar-refractivity contribution in [3.05, 3.63) is 58.1 Å². The van der Waals surface area contributed by atoms with Gasteiger partial charge in [-0.15, -0.1) is 0 Å². The van der Waals surface area contributed by atoms with Gasteiger partial charge in [0.1, 0.15) is 18.1 Å². The van der Waals surface area contributed by atoms with Gasteiger partial charge in [0.2, 0.25) is 0 Å². The molecule has 0 radical (unpaired) electrons. The summed E-state index contributed by atoms with van der Waals surface area (Å²) < 4.78 is 12.0. The molecule has 1 N–H and O–H groups in total. The highest BCUT2D eigenvalue weighted by molar-refractivity contribution is 9.10. The molecule has 0 aliphatic rings. The molecule has 2 aromatic carbocycles. The number of rotatable bonds is 5. The predicted octanol–water partition coefficient (Wildman–Crippen LogP) is 4.23. The van der Waals surface area contributed by atoms with Gasteiger partial charge in [-0.3, -0.25) is 0 Å². The third-order valence-corrected chi connectivity index (χ3v) is 3.82. The molecule has 4 nitrogen and oxygen atoms in total. The molecule has 110 valence electrons. The van der Waals surface area contributed by atoms with Crippen molar-refractivity contribution in [2.24, 2.45) is 5.16 Å². The van der Waals surface area contributed by atoms with Crippen molar-refractivity contribution in [1.82, 2.24) is 0 Å². The first-order valence-electron chi connectivity index (χ1n) is 6.38. The molecule has 0 fully saturated rings. The van der Waals surface area contributed by atoms with E-state index >= 15 is 0 Å². The molecule has 0 amide bonds. The van der Waals surface area contributed by atoms with E-state index in [1.165, 1.54) is 0 Å². The van der Waals surface area contributed by atoms with E-state index in [-0.39, 0.29) is 0 Å². The molecule has 0 heterocycles. The maximum Gasteiger partial charge on any atom is 0.120 e. The van der Waals surface area contributed by atoms with E-state index in [0.29, 0.717) is 18.1 Å². The van der Waals surface area contributed by atoms with Gasteiger partial charge in [-0.25, -0.2) is 0 Å². The molecule has 0 atom stereocenters. The molecule has 0 unspecified atom stereocenters. The van der Waals surface area contributed by atoms with Gasteiger partial charge in [0, 0.05) is 15.6 Å². The first-order chi connectivity index (χ1) is 10.1. The van der Waals surface area contributed by atoms with E-state index in [1.54, 1.807) is 14.0 Å². The van der Waals surface area contributed by atoms with E-state index in [0.717, 1.165) is 21.3 Å². The van der Waals surface area contributed by atoms with Crippen LogP contribution in [0.15, 0.2) is 52.1 Å². The molecule has 2 rings (SSSR count). The highest BCUT2D eigenvalue weighted by Crippen LogP contribution is 2.24. The number of oxime groups is 1. The third-order valence-electron chi connectivity index (χ3n) is 3.05. The summed E-state index contributed by atoms with van der Waals surface area (Å²) in [5.41, 5.74) is 2.36. The summed E-state index contributed by atoms with van der Waals surface area (Å²) in [6.07, 6.45) is 0. The topological polar surface area (TPSA) is 51.0 Å². The van der Waals surface area contributed by atoms with E-state index in [9.17, 15) is 0 Å². The van der Waals surface area contributed by atoms with Crippen LogP contribution < -0.4 is 9.47 Å². The lowest BCUT2D eigenvalue weighted by Crippen LogP contribution is -1.99. The van der Waals surface area contributed by atoms with Gasteiger partial charge in [-0.05, 0) is 37.3 Å². The van der Waals surface area contributed by atoms with Gasteiger partial charge in [0.05, 0.1) is 12.8 Å². The van der Waals surface area contributed by atoms with Crippen LogP contribution in [0.3, 0.4) is 0 Å². The fourth-order valence-corrected chi connectivity index (χ4v) is 2.18. The summed E-state index contributed by atoms with van der Waals surface area (Å²) in [4.78, 5) is 0. The highest BCUT2D eigenvalue weighted by atomic mass is 79.9. The Hall–Kier alpha value is -2.01. The number of hydrogen-bond acceptors (Lipinski definition) is 4. The Morgan fingerprint density at radius 1 is 1.19 bits per heavy atom. The normalized spacial score (nSPS) is 11.3. The fourth-order valence-electron chi connectivity index (χ4n) is 1.82. The quantitative estimate of drug-likeness (QED) is 0.499. The Kier molecular flexibility index (Phi) is 5.22. The molecule has 0 spiro atoms. The van der Waals surface area contributed by atoms with Crippen LogP contribution in [0.1, 0.15) is 18.1 Å². The van der Waals surface area contributed by atoms with Crippen LogP contribution in [-0.4, -0.2) is 18.0 Å². The minimum Gasteiger partial charge on any atom is -0.497 e. The third kappa shape index (κ3) is 3.98. The second-order valence-corrected chi connectivity index (χ2v) is 5.31. The lowest BCUT2D eigenvalue weighted by atomic mass is 10.1. The maximum absolute atomic E-state index is 8.81. The summed E-state index contributed by atoms with van der Waals surface area (Å²) in [5.74, 6) is 1.50. The van der Waals surface area contributed by atoms with Crippen LogP contribution in [0.25, 0.3) is 0 Å². The number of methoxy groups -OCH3 is 1. The van der Waals surface area contributed by atoms with Crippen LogP contribution in [0.4, 0.5) is 0 Å². The van der Waals surface area contributed by atoms with Crippen LogP contribution in [0, 0.1) is 0 Å². The van der Waals surface area contributed by atoms with Crippen molar-refractivity contribution in [3.8, 4) is 11.5 Å². The molecule has 21 heavy (non-hydrogen) atoms. The largest absolute Gasteiger partial charge is 0.497 e. The Bertz CT molecular complexity index is 656. The number of ether oxygens (including phenoxy) is 2. The van der Waals surface area contributed by atoms with Crippen LogP contribution in [0.2, 0.25) is 0 Å². The van der Waals surface area contributed by atoms with Gasteiger partial charge in [0.15, 0.2) is 0 Å². The maximum atomic E-state index is 8.81. The van der Waals surface area contributed by atoms with E-state index < -0.39 is 0 Å². The summed E-state index contributed by atoms with van der Waals surface area (Å²) in [6.45, 7) is 2.15. The molecule has 0 aliphatic heterocycles. The molecule has 2 aromatic rings. The first kappa shape index (κ1) is 15.4. The Balaban J connectivity index is 2.13. The Labute approximate surface area is 132 Å². The van der Waals surface area contributed by atoms with Gasteiger partial charge in [-0.1, -0.05) is 33.2 Å². The lowest BCUT2D eigenvalue weighted by Gasteiger charge is -2.10. The second kappa shape index (κ2) is 7.13. The van der Waals surface area contributed by atoms with E-state index in [2.05, 4.69) is 21.1 Å². The summed E-state index contributed by atoms with van der Waals surface area (Å²) in [6, 6.07) is 13.2. The van der Waals surface area contributed by atoms with Gasteiger partial charge in [-0.2, -0.15) is 0 Å². The van der Waals surface area contributed by atoms with Gasteiger partial charge < -0.3 is 14.7 Å². The van der Waals surface area contributed by atoms with Crippen molar-refractivity contribution in [2.75, 3.05) is 7.11 Å². The lowest BCUT2D eigenvalue weighted by molar-refractivity contribution is 0.304. The van der Waals surface area contributed by atoms with Crippen LogP contribution in [0.5, 0.6) is 11.5 Å². The van der Waals surface area contributed by atoms with Crippen LogP contribution >= 0.6 is 15.9 Å². The highest BCUT2D eigenvalue weighted by Gasteiger charge is 2.05. The monoisotopic (exact) mass is 349 g/mol. The van der Waals surface area contributed by atoms with Crippen LogP contribution in [-0.2, 0) is 6.61 Å². The summed E-state index contributed by atoms with van der Waals surface area (Å²) in [7, 11) is 1.63. The predicted molar refractivity (Wildman–Crippen MR) is 85.5 cm³/mol. The van der Waals surface area contributed by atoms with E-state index in [4.69, 9.17) is 14.7 Å². The fraction of sp³-hybridized carbons (Fsp3) is 0.188. The zero-order valence-corrected chi connectivity index (χ0v) is 13.4. The van der Waals surface area contributed by atoms with E-state index in [1.807, 2.05) is 42.5 Å². The van der Waals surface area contributed by atoms with Gasteiger partial charge in [0.25, 0.3) is 0 Å². The summed E-state index contributed by atoms with van der Waals surface area (Å²) in [5, 5.41) is 12.0. The average molecular weight is 350 g/mol. The number of hydrogen-bond donors (Lipinski definition) is 1. The zero-order chi connectivity index (χ0) is 15.2. The molecule has 5 heteroatoms. The van der Waals surface area contributed by atoms with Crippen molar-refractivity contribution >= 4 is 21.6 Å². The van der Waals surface area contributed by atoms with Crippen molar-refractivity contribution in [3.63, 3.8) is 0 Å². The number of benzene rings is 2. The standard InChI is InChI=1S/C16H16BrNO3/c1-11(18-19)12-4-3-5-15(8-12)21-10-13-9-14(20-2)6-7-16(13)17/h3-9,19H,10H2,1-2H3. The molecule has 0 saturated carbocycles. The Morgan fingerprint density at radius 2 is 2.00 bits per heavy atom. The average Bonchev–Trinajstić information content (AvgIpc) is 2.53. The minimum atomic E-state index is 0.413. The molecule has 0 bridgehead atoms. The molecule has 0 aromatic heterocycles. The van der Waals surface area contributed by atoms with Crippen molar-refractivity contribution in [1.29, 1.82) is 0 Å². The smallest absolute Gasteiger partial charge is 0.120 e. The molecular weight excluding hydrogens is 334 g/mol. The number of nitrogens with zero attached hydrogens (tertiary/aromatic N) is 1. The second-order valence-electron chi connectivity index (χ2n) is 4.46. The number of halogens is 1. The molecule has 0 saturated heterocycles. The van der Waals surface area contributed by atoms with Gasteiger partial charge >= 0.3 is 0 Å². The summed E-state index contributed by atoms with van der Waals surface area (Å²) >= 11 is 3.49. The van der Waals surface area contributed by atoms with Crippen molar-refractivity contribution in [2.45, 2.75) is 13.5 Å². The Morgan fingerprint density at radius 3 is 2.71 bits per heavy atom. The first-order valence-corrected chi connectivity index (χ1v) is 7.17. The zero-order valence-electron chi connectivity index (χ0n) is 11.8. The minimum absolute atomic E-state index is 0.413. The van der Waals surface area contributed by atoms with Crippen molar-refractivity contribution < 1.29 is 14.7 Å².